The smallest absolute Gasteiger partial charge is 0.407 e. The SMILES string of the molecule is CC(C)C[C@H](NC(=O)OCC1CCCCC1)C(=O)NC(C)(C)C(=O)c1c(-c2ccccc2)c1=O. The number of carbonyl (C=O) groups is 3. The molecule has 0 radical (unpaired) electrons. The van der Waals surface area contributed by atoms with Gasteiger partial charge in [0.1, 0.15) is 6.04 Å². The number of ketones is 1. The molecule has 2 aromatic rings. The number of rotatable bonds is 10. The maximum absolute atomic E-state index is 13.1. The van der Waals surface area contributed by atoms with Gasteiger partial charge in [-0.1, -0.05) is 63.4 Å². The number of nitrogens with one attached hydrogen (secondary N) is 2. The van der Waals surface area contributed by atoms with E-state index in [4.69, 9.17) is 4.74 Å². The average Bonchev–Trinajstić information content (AvgIpc) is 3.47. The molecule has 1 aliphatic carbocycles. The van der Waals surface area contributed by atoms with E-state index >= 15 is 0 Å². The maximum Gasteiger partial charge on any atom is 0.407 e. The molecule has 2 aromatic carbocycles. The van der Waals surface area contributed by atoms with Gasteiger partial charge >= 0.3 is 6.09 Å². The topological polar surface area (TPSA) is 102 Å². The summed E-state index contributed by atoms with van der Waals surface area (Å²) >= 11 is 0. The molecule has 7 heteroatoms. The second-order valence-corrected chi connectivity index (χ2v) is 10.3. The second kappa shape index (κ2) is 11.0. The van der Waals surface area contributed by atoms with Crippen molar-refractivity contribution < 1.29 is 19.1 Å². The van der Waals surface area contributed by atoms with Crippen LogP contribution in [0.2, 0.25) is 0 Å². The number of hydrogen-bond acceptors (Lipinski definition) is 5. The van der Waals surface area contributed by atoms with E-state index in [1.807, 2.05) is 19.9 Å². The Hall–Kier alpha value is -2.96. The van der Waals surface area contributed by atoms with Crippen molar-refractivity contribution in [1.82, 2.24) is 10.6 Å². The van der Waals surface area contributed by atoms with Gasteiger partial charge in [0.15, 0.2) is 11.2 Å². The van der Waals surface area contributed by atoms with Gasteiger partial charge in [0.2, 0.25) is 5.91 Å². The fraction of sp³-hybridized carbons (Fsp3) is 0.556. The highest BCUT2D eigenvalue weighted by atomic mass is 16.5. The minimum Gasteiger partial charge on any atom is -0.449 e. The Balaban J connectivity index is 1.61. The lowest BCUT2D eigenvalue weighted by Crippen LogP contribution is -2.56. The van der Waals surface area contributed by atoms with E-state index in [1.54, 1.807) is 38.1 Å². The van der Waals surface area contributed by atoms with Crippen LogP contribution in [0.4, 0.5) is 4.79 Å². The van der Waals surface area contributed by atoms with Crippen molar-refractivity contribution in [3.63, 3.8) is 0 Å². The number of amides is 2. The molecule has 1 saturated carbocycles. The summed E-state index contributed by atoms with van der Waals surface area (Å²) < 4.78 is 5.40. The van der Waals surface area contributed by atoms with Gasteiger partial charge in [-0.3, -0.25) is 14.4 Å². The van der Waals surface area contributed by atoms with Gasteiger partial charge in [0.25, 0.3) is 0 Å². The molecule has 2 N–H and O–H groups in total. The third kappa shape index (κ3) is 6.55. The number of benzene rings is 1. The van der Waals surface area contributed by atoms with Crippen LogP contribution in [0.5, 0.6) is 0 Å². The molecule has 3 rings (SSSR count). The van der Waals surface area contributed by atoms with Crippen molar-refractivity contribution in [1.29, 1.82) is 0 Å². The molecule has 0 aromatic heterocycles. The molecule has 1 aliphatic rings. The summed E-state index contributed by atoms with van der Waals surface area (Å²) in [5.41, 5.74) is -0.380. The van der Waals surface area contributed by atoms with Crippen LogP contribution in [0.3, 0.4) is 0 Å². The van der Waals surface area contributed by atoms with E-state index in [9.17, 15) is 19.2 Å². The Morgan fingerprint density at radius 1 is 1.06 bits per heavy atom. The van der Waals surface area contributed by atoms with E-state index in [0.29, 0.717) is 30.1 Å². The predicted octanol–water partition coefficient (Wildman–Crippen LogP) is 4.39. The van der Waals surface area contributed by atoms with E-state index in [2.05, 4.69) is 10.6 Å². The summed E-state index contributed by atoms with van der Waals surface area (Å²) in [5.74, 6) is -0.410. The Kier molecular flexibility index (Phi) is 8.28. The van der Waals surface area contributed by atoms with Crippen molar-refractivity contribution in [2.45, 2.75) is 77.8 Å². The van der Waals surface area contributed by atoms with Crippen LogP contribution in [0.15, 0.2) is 35.1 Å². The first-order chi connectivity index (χ1) is 16.1. The molecule has 7 nitrogen and oxygen atoms in total. The van der Waals surface area contributed by atoms with E-state index in [-0.39, 0.29) is 16.9 Å². The number of carbonyl (C=O) groups excluding carboxylic acids is 3. The summed E-state index contributed by atoms with van der Waals surface area (Å²) in [5, 5.41) is 5.42. The molecule has 1 fully saturated rings. The van der Waals surface area contributed by atoms with Gasteiger partial charge in [-0.25, -0.2) is 4.79 Å². The molecule has 184 valence electrons. The molecule has 0 aliphatic heterocycles. The van der Waals surface area contributed by atoms with Gasteiger partial charge in [-0.05, 0) is 50.5 Å². The zero-order chi connectivity index (χ0) is 24.9. The van der Waals surface area contributed by atoms with Crippen molar-refractivity contribution in [2.24, 2.45) is 11.8 Å². The molecule has 1 atom stereocenters. The van der Waals surface area contributed by atoms with Crippen molar-refractivity contribution >= 4 is 17.8 Å². The zero-order valence-electron chi connectivity index (χ0n) is 20.6. The lowest BCUT2D eigenvalue weighted by molar-refractivity contribution is -0.124. The summed E-state index contributed by atoms with van der Waals surface area (Å²) in [6.45, 7) is 7.39. The first kappa shape index (κ1) is 25.7. The molecule has 0 heterocycles. The van der Waals surface area contributed by atoms with Crippen LogP contribution in [-0.2, 0) is 9.53 Å². The molecule has 0 spiro atoms. The van der Waals surface area contributed by atoms with E-state index in [1.165, 1.54) is 6.42 Å². The summed E-state index contributed by atoms with van der Waals surface area (Å²) in [7, 11) is 0. The van der Waals surface area contributed by atoms with Gasteiger partial charge < -0.3 is 15.4 Å². The average molecular weight is 469 g/mol. The molecule has 34 heavy (non-hydrogen) atoms. The first-order valence-electron chi connectivity index (χ1n) is 12.2. The number of alkyl carbamates (subject to hydrolysis) is 1. The molecule has 2 amide bonds. The minimum atomic E-state index is -1.30. The Labute approximate surface area is 201 Å². The van der Waals surface area contributed by atoms with Crippen molar-refractivity contribution in [3.05, 3.63) is 46.1 Å². The first-order valence-corrected chi connectivity index (χ1v) is 12.2. The molecule has 0 unspecified atom stereocenters. The molecule has 0 saturated heterocycles. The Morgan fingerprint density at radius 3 is 2.32 bits per heavy atom. The highest BCUT2D eigenvalue weighted by Crippen LogP contribution is 2.28. The standard InChI is InChI=1S/C27H36N2O5/c1-17(2)15-20(28-26(33)34-16-18-11-7-5-8-12-18)25(32)29-27(3,4)24(31)22-21(23(22)30)19-13-9-6-10-14-19/h6,9-10,13-14,17-18,20H,5,7-8,11-12,15-16H2,1-4H3,(H,28,33)(H,29,32)/t20-/m0/s1. The van der Waals surface area contributed by atoms with Crippen LogP contribution < -0.4 is 16.1 Å². The summed E-state index contributed by atoms with van der Waals surface area (Å²) in [6.07, 6.45) is 5.42. The number of ether oxygens (including phenoxy) is 1. The lowest BCUT2D eigenvalue weighted by Gasteiger charge is -2.28. The lowest BCUT2D eigenvalue weighted by atomic mass is 9.90. The highest BCUT2D eigenvalue weighted by Gasteiger charge is 2.40. The van der Waals surface area contributed by atoms with Crippen LogP contribution >= 0.6 is 0 Å². The van der Waals surface area contributed by atoms with Crippen molar-refractivity contribution in [3.8, 4) is 11.1 Å². The van der Waals surface area contributed by atoms with Gasteiger partial charge in [-0.2, -0.15) is 0 Å². The number of Topliss-reactive ketones (excluding diaryl/α,β-unsaturated/α-hetero) is 1. The van der Waals surface area contributed by atoms with Gasteiger partial charge in [-0.15, -0.1) is 0 Å². The van der Waals surface area contributed by atoms with Crippen LogP contribution in [0.1, 0.15) is 76.6 Å². The summed E-state index contributed by atoms with van der Waals surface area (Å²) in [4.78, 5) is 50.9. The summed E-state index contributed by atoms with van der Waals surface area (Å²) in [6, 6.07) is 8.16. The van der Waals surface area contributed by atoms with Crippen LogP contribution in [0.25, 0.3) is 11.1 Å². The predicted molar refractivity (Wildman–Crippen MR) is 131 cm³/mol. The highest BCUT2D eigenvalue weighted by molar-refractivity contribution is 6.14. The minimum absolute atomic E-state index is 0.122. The third-order valence-corrected chi connectivity index (χ3v) is 6.43. The van der Waals surface area contributed by atoms with Gasteiger partial charge in [0.05, 0.1) is 17.7 Å². The van der Waals surface area contributed by atoms with Crippen molar-refractivity contribution in [2.75, 3.05) is 6.61 Å². The quantitative estimate of drug-likeness (QED) is 0.504. The normalized spacial score (nSPS) is 15.8. The van der Waals surface area contributed by atoms with Crippen LogP contribution in [0, 0.1) is 11.8 Å². The molecular weight excluding hydrogens is 432 g/mol. The third-order valence-electron chi connectivity index (χ3n) is 6.43. The Bertz CT molecular complexity index is 1010. The fourth-order valence-corrected chi connectivity index (χ4v) is 4.47. The van der Waals surface area contributed by atoms with E-state index in [0.717, 1.165) is 25.7 Å². The maximum atomic E-state index is 13.1. The van der Waals surface area contributed by atoms with E-state index < -0.39 is 29.4 Å². The molecular formula is C27H36N2O5. The van der Waals surface area contributed by atoms with Gasteiger partial charge in [0, 0.05) is 5.56 Å². The Morgan fingerprint density at radius 2 is 1.71 bits per heavy atom. The monoisotopic (exact) mass is 468 g/mol. The second-order valence-electron chi connectivity index (χ2n) is 10.3. The largest absolute Gasteiger partial charge is 0.449 e. The van der Waals surface area contributed by atoms with Crippen LogP contribution in [-0.4, -0.2) is 36.0 Å². The zero-order valence-corrected chi connectivity index (χ0v) is 20.6. The fourth-order valence-electron chi connectivity index (χ4n) is 4.47. The number of hydrogen-bond donors (Lipinski definition) is 2. The molecule has 0 bridgehead atoms.